The van der Waals surface area contributed by atoms with E-state index in [4.69, 9.17) is 4.74 Å². The Bertz CT molecular complexity index is 213. The van der Waals surface area contributed by atoms with Crippen molar-refractivity contribution in [1.29, 1.82) is 0 Å². The predicted molar refractivity (Wildman–Crippen MR) is 74.3 cm³/mol. The minimum absolute atomic E-state index is 0.0800. The summed E-state index contributed by atoms with van der Waals surface area (Å²) in [4.78, 5) is 0. The summed E-state index contributed by atoms with van der Waals surface area (Å²) in [6.07, 6.45) is 5.12. The second-order valence-corrected chi connectivity index (χ2v) is 5.98. The SMILES string of the molecule is CCNC(C(C)C)C1(OCC)CCCC(C)C1. The third-order valence-electron chi connectivity index (χ3n) is 4.08. The van der Waals surface area contributed by atoms with E-state index in [-0.39, 0.29) is 5.60 Å². The van der Waals surface area contributed by atoms with E-state index < -0.39 is 0 Å². The smallest absolute Gasteiger partial charge is 0.0839 e. The zero-order valence-corrected chi connectivity index (χ0v) is 12.4. The van der Waals surface area contributed by atoms with Gasteiger partial charge in [-0.1, -0.05) is 40.5 Å². The molecule has 2 heteroatoms. The molecule has 0 spiro atoms. The second kappa shape index (κ2) is 6.75. The average Bonchev–Trinajstić information content (AvgIpc) is 2.25. The van der Waals surface area contributed by atoms with Crippen LogP contribution in [0, 0.1) is 11.8 Å². The molecule has 0 saturated heterocycles. The number of ether oxygens (including phenoxy) is 1. The molecule has 1 N–H and O–H groups in total. The van der Waals surface area contributed by atoms with E-state index in [0.29, 0.717) is 12.0 Å². The summed E-state index contributed by atoms with van der Waals surface area (Å²) >= 11 is 0. The molecule has 3 atom stereocenters. The lowest BCUT2D eigenvalue weighted by Gasteiger charge is -2.47. The Morgan fingerprint density at radius 1 is 1.35 bits per heavy atom. The van der Waals surface area contributed by atoms with Crippen molar-refractivity contribution in [2.75, 3.05) is 13.2 Å². The van der Waals surface area contributed by atoms with E-state index in [1.807, 2.05) is 0 Å². The highest BCUT2D eigenvalue weighted by atomic mass is 16.5. The van der Waals surface area contributed by atoms with Crippen LogP contribution in [0.1, 0.15) is 60.3 Å². The van der Waals surface area contributed by atoms with Crippen molar-refractivity contribution in [3.8, 4) is 0 Å². The zero-order valence-electron chi connectivity index (χ0n) is 12.4. The maximum Gasteiger partial charge on any atom is 0.0839 e. The lowest BCUT2D eigenvalue weighted by atomic mass is 9.71. The molecule has 102 valence electrons. The molecule has 0 aromatic heterocycles. The molecule has 0 bridgehead atoms. The molecular formula is C15H31NO. The van der Waals surface area contributed by atoms with E-state index >= 15 is 0 Å². The van der Waals surface area contributed by atoms with Crippen molar-refractivity contribution in [3.05, 3.63) is 0 Å². The van der Waals surface area contributed by atoms with E-state index in [1.54, 1.807) is 0 Å². The molecule has 0 amide bonds. The Morgan fingerprint density at radius 2 is 2.06 bits per heavy atom. The van der Waals surface area contributed by atoms with Gasteiger partial charge in [0.25, 0.3) is 0 Å². The Balaban J connectivity index is 2.86. The highest BCUT2D eigenvalue weighted by Gasteiger charge is 2.43. The number of rotatable bonds is 6. The largest absolute Gasteiger partial charge is 0.374 e. The maximum atomic E-state index is 6.25. The van der Waals surface area contributed by atoms with Crippen LogP contribution < -0.4 is 5.32 Å². The lowest BCUT2D eigenvalue weighted by Crippen LogP contribution is -2.57. The fraction of sp³-hybridized carbons (Fsp3) is 1.00. The summed E-state index contributed by atoms with van der Waals surface area (Å²) < 4.78 is 6.25. The van der Waals surface area contributed by atoms with E-state index in [0.717, 1.165) is 19.1 Å². The van der Waals surface area contributed by atoms with Gasteiger partial charge in [-0.15, -0.1) is 0 Å². The van der Waals surface area contributed by atoms with Crippen LogP contribution in [0.3, 0.4) is 0 Å². The van der Waals surface area contributed by atoms with Crippen LogP contribution in [0.15, 0.2) is 0 Å². The Kier molecular flexibility index (Phi) is 5.94. The minimum atomic E-state index is 0.0800. The first-order valence-corrected chi connectivity index (χ1v) is 7.43. The van der Waals surface area contributed by atoms with Gasteiger partial charge in [-0.2, -0.15) is 0 Å². The first-order valence-electron chi connectivity index (χ1n) is 7.43. The van der Waals surface area contributed by atoms with Gasteiger partial charge in [-0.3, -0.25) is 0 Å². The van der Waals surface area contributed by atoms with E-state index in [2.05, 4.69) is 39.9 Å². The summed E-state index contributed by atoms with van der Waals surface area (Å²) in [5, 5.41) is 3.67. The normalized spacial score (nSPS) is 31.8. The summed E-state index contributed by atoms with van der Waals surface area (Å²) in [5.41, 5.74) is 0.0800. The highest BCUT2D eigenvalue weighted by Crippen LogP contribution is 2.39. The molecule has 1 rings (SSSR count). The quantitative estimate of drug-likeness (QED) is 0.767. The highest BCUT2D eigenvalue weighted by molar-refractivity contribution is 4.98. The van der Waals surface area contributed by atoms with E-state index in [1.165, 1.54) is 25.7 Å². The van der Waals surface area contributed by atoms with Gasteiger partial charge in [0.05, 0.1) is 5.60 Å². The number of hydrogen-bond acceptors (Lipinski definition) is 2. The second-order valence-electron chi connectivity index (χ2n) is 5.98. The molecule has 1 saturated carbocycles. The summed E-state index contributed by atoms with van der Waals surface area (Å²) in [5.74, 6) is 1.43. The Labute approximate surface area is 108 Å². The molecule has 2 nitrogen and oxygen atoms in total. The van der Waals surface area contributed by atoms with Crippen LogP contribution in [0.25, 0.3) is 0 Å². The van der Waals surface area contributed by atoms with Gasteiger partial charge in [0.2, 0.25) is 0 Å². The maximum absolute atomic E-state index is 6.25. The molecule has 0 aromatic carbocycles. The van der Waals surface area contributed by atoms with Crippen molar-refractivity contribution in [2.24, 2.45) is 11.8 Å². The van der Waals surface area contributed by atoms with Crippen molar-refractivity contribution in [1.82, 2.24) is 5.32 Å². The van der Waals surface area contributed by atoms with Gasteiger partial charge in [-0.25, -0.2) is 0 Å². The molecule has 0 heterocycles. The molecule has 0 radical (unpaired) electrons. The topological polar surface area (TPSA) is 21.3 Å². The molecule has 17 heavy (non-hydrogen) atoms. The van der Waals surface area contributed by atoms with E-state index in [9.17, 15) is 0 Å². The van der Waals surface area contributed by atoms with Crippen molar-refractivity contribution < 1.29 is 4.74 Å². The first kappa shape index (κ1) is 15.0. The number of nitrogens with one attached hydrogen (secondary N) is 1. The molecule has 3 unspecified atom stereocenters. The molecule has 1 aliphatic rings. The van der Waals surface area contributed by atoms with Crippen molar-refractivity contribution in [3.63, 3.8) is 0 Å². The van der Waals surface area contributed by atoms with Crippen molar-refractivity contribution in [2.45, 2.75) is 71.9 Å². The molecule has 1 aliphatic carbocycles. The predicted octanol–water partition coefficient (Wildman–Crippen LogP) is 3.61. The van der Waals surface area contributed by atoms with Crippen LogP contribution in [0.2, 0.25) is 0 Å². The molecule has 0 aliphatic heterocycles. The lowest BCUT2D eigenvalue weighted by molar-refractivity contribution is -0.109. The van der Waals surface area contributed by atoms with Gasteiger partial charge < -0.3 is 10.1 Å². The fourth-order valence-electron chi connectivity index (χ4n) is 3.58. The number of hydrogen-bond donors (Lipinski definition) is 1. The van der Waals surface area contributed by atoms with Gasteiger partial charge in [-0.05, 0) is 38.1 Å². The molecule has 1 fully saturated rings. The van der Waals surface area contributed by atoms with Gasteiger partial charge in [0.1, 0.15) is 0 Å². The Morgan fingerprint density at radius 3 is 2.53 bits per heavy atom. The van der Waals surface area contributed by atoms with Crippen LogP contribution in [-0.2, 0) is 4.74 Å². The van der Waals surface area contributed by atoms with Crippen molar-refractivity contribution >= 4 is 0 Å². The van der Waals surface area contributed by atoms with Gasteiger partial charge >= 0.3 is 0 Å². The van der Waals surface area contributed by atoms with Gasteiger partial charge in [0, 0.05) is 12.6 Å². The standard InChI is InChI=1S/C15H31NO/c1-6-16-14(12(3)4)15(17-7-2)10-8-9-13(5)11-15/h12-14,16H,6-11H2,1-5H3. The molecular weight excluding hydrogens is 210 g/mol. The Hall–Kier alpha value is -0.0800. The summed E-state index contributed by atoms with van der Waals surface area (Å²) in [6, 6.07) is 0.496. The third-order valence-corrected chi connectivity index (χ3v) is 4.08. The van der Waals surface area contributed by atoms with Crippen LogP contribution in [-0.4, -0.2) is 24.8 Å². The fourth-order valence-corrected chi connectivity index (χ4v) is 3.58. The summed E-state index contributed by atoms with van der Waals surface area (Å²) in [6.45, 7) is 13.2. The van der Waals surface area contributed by atoms with Gasteiger partial charge in [0.15, 0.2) is 0 Å². The zero-order chi connectivity index (χ0) is 12.9. The summed E-state index contributed by atoms with van der Waals surface area (Å²) in [7, 11) is 0. The first-order chi connectivity index (χ1) is 8.05. The average molecular weight is 241 g/mol. The monoisotopic (exact) mass is 241 g/mol. The minimum Gasteiger partial charge on any atom is -0.374 e. The third kappa shape index (κ3) is 3.69. The van der Waals surface area contributed by atoms with Crippen LogP contribution in [0.4, 0.5) is 0 Å². The van der Waals surface area contributed by atoms with Crippen LogP contribution in [0.5, 0.6) is 0 Å². The molecule has 0 aromatic rings. The van der Waals surface area contributed by atoms with Crippen LogP contribution >= 0.6 is 0 Å². The number of likely N-dealkylation sites (N-methyl/N-ethyl adjacent to an activating group) is 1.